The molecule has 1 aliphatic heterocycles. The zero-order valence-electron chi connectivity index (χ0n) is 12.2. The van der Waals surface area contributed by atoms with Gasteiger partial charge in [-0.25, -0.2) is 13.4 Å². The van der Waals surface area contributed by atoms with Crippen LogP contribution in [0.3, 0.4) is 0 Å². The number of hydrogen-bond acceptors (Lipinski definition) is 4. The minimum Gasteiger partial charge on any atom is -0.383 e. The molecule has 1 fully saturated rings. The van der Waals surface area contributed by atoms with Crippen LogP contribution in [0.15, 0.2) is 23.4 Å². The van der Waals surface area contributed by atoms with Crippen LogP contribution in [-0.4, -0.2) is 36.8 Å². The van der Waals surface area contributed by atoms with E-state index in [4.69, 9.17) is 0 Å². The molecule has 20 heavy (non-hydrogen) atoms. The molecule has 6 heteroatoms. The molecule has 0 aromatic carbocycles. The van der Waals surface area contributed by atoms with Crippen molar-refractivity contribution in [2.75, 3.05) is 18.4 Å². The van der Waals surface area contributed by atoms with E-state index >= 15 is 0 Å². The van der Waals surface area contributed by atoms with Crippen LogP contribution in [0.25, 0.3) is 0 Å². The zero-order valence-corrected chi connectivity index (χ0v) is 13.0. The van der Waals surface area contributed by atoms with Crippen LogP contribution in [0, 0.1) is 0 Å². The van der Waals surface area contributed by atoms with E-state index in [1.54, 1.807) is 22.6 Å². The molecule has 0 saturated carbocycles. The quantitative estimate of drug-likeness (QED) is 0.907. The van der Waals surface area contributed by atoms with Gasteiger partial charge in [0.05, 0.1) is 5.69 Å². The molecule has 5 nitrogen and oxygen atoms in total. The molecule has 2 rings (SSSR count). The van der Waals surface area contributed by atoms with Gasteiger partial charge in [0, 0.05) is 25.3 Å². The Labute approximate surface area is 121 Å². The van der Waals surface area contributed by atoms with Gasteiger partial charge in [-0.15, -0.1) is 0 Å². The van der Waals surface area contributed by atoms with Gasteiger partial charge in [-0.1, -0.05) is 13.3 Å². The lowest BCUT2D eigenvalue weighted by atomic mass is 10.1. The average Bonchev–Trinajstić information content (AvgIpc) is 2.45. The van der Waals surface area contributed by atoms with E-state index in [1.165, 1.54) is 0 Å². The number of piperidine rings is 1. The fourth-order valence-electron chi connectivity index (χ4n) is 2.53. The second kappa shape index (κ2) is 6.54. The minimum atomic E-state index is -3.51. The lowest BCUT2D eigenvalue weighted by molar-refractivity contribution is 0.268. The predicted octanol–water partition coefficient (Wildman–Crippen LogP) is 2.47. The van der Waals surface area contributed by atoms with E-state index in [0.29, 0.717) is 12.2 Å². The van der Waals surface area contributed by atoms with Crippen LogP contribution >= 0.6 is 0 Å². The van der Waals surface area contributed by atoms with Gasteiger partial charge < -0.3 is 5.32 Å². The van der Waals surface area contributed by atoms with E-state index < -0.39 is 10.0 Å². The van der Waals surface area contributed by atoms with Crippen molar-refractivity contribution in [2.45, 2.75) is 50.6 Å². The fraction of sp³-hybridized carbons (Fsp3) is 0.643. The van der Waals surface area contributed by atoms with Crippen molar-refractivity contribution < 1.29 is 8.42 Å². The number of nitrogens with zero attached hydrogens (tertiary/aromatic N) is 2. The molecular weight excluding hydrogens is 274 g/mol. The maximum atomic E-state index is 12.8. The molecule has 0 amide bonds. The van der Waals surface area contributed by atoms with Crippen LogP contribution in [0.5, 0.6) is 0 Å². The fourth-order valence-corrected chi connectivity index (χ4v) is 4.31. The maximum Gasteiger partial charge on any atom is 0.262 e. The number of pyridine rings is 1. The van der Waals surface area contributed by atoms with Crippen LogP contribution < -0.4 is 5.32 Å². The summed E-state index contributed by atoms with van der Waals surface area (Å²) in [6, 6.07) is 3.59. The highest BCUT2D eigenvalue weighted by Crippen LogP contribution is 2.27. The lowest BCUT2D eigenvalue weighted by Gasteiger charge is -2.32. The number of rotatable bonds is 5. The summed E-state index contributed by atoms with van der Waals surface area (Å²) in [5, 5.41) is 3.31. The Bertz CT molecular complexity index is 545. The molecule has 2 heterocycles. The highest BCUT2D eigenvalue weighted by atomic mass is 32.2. The molecular formula is C14H23N3O2S. The van der Waals surface area contributed by atoms with Gasteiger partial charge in [0.25, 0.3) is 10.0 Å². The predicted molar refractivity (Wildman–Crippen MR) is 80.2 cm³/mol. The van der Waals surface area contributed by atoms with Gasteiger partial charge in [0.2, 0.25) is 0 Å². The summed E-state index contributed by atoms with van der Waals surface area (Å²) in [6.07, 6.45) is 5.42. The van der Waals surface area contributed by atoms with Gasteiger partial charge in [0.1, 0.15) is 0 Å². The molecule has 1 unspecified atom stereocenters. The van der Waals surface area contributed by atoms with E-state index in [0.717, 1.165) is 32.2 Å². The summed E-state index contributed by atoms with van der Waals surface area (Å²) in [5.74, 6) is 0. The second-order valence-corrected chi connectivity index (χ2v) is 7.05. The summed E-state index contributed by atoms with van der Waals surface area (Å²) in [5.41, 5.74) is 0.604. The Morgan fingerprint density at radius 1 is 1.45 bits per heavy atom. The molecule has 1 N–H and O–H groups in total. The Hall–Kier alpha value is -1.14. The van der Waals surface area contributed by atoms with E-state index in [-0.39, 0.29) is 11.1 Å². The maximum absolute atomic E-state index is 12.8. The first kappa shape index (κ1) is 15.3. The number of anilines is 1. The van der Waals surface area contributed by atoms with Crippen molar-refractivity contribution >= 4 is 15.7 Å². The lowest BCUT2D eigenvalue weighted by Crippen LogP contribution is -2.42. The molecule has 1 aliphatic rings. The number of sulfonamides is 1. The third kappa shape index (κ3) is 3.12. The van der Waals surface area contributed by atoms with Crippen LogP contribution in [-0.2, 0) is 10.0 Å². The highest BCUT2D eigenvalue weighted by Gasteiger charge is 2.33. The highest BCUT2D eigenvalue weighted by molar-refractivity contribution is 7.89. The van der Waals surface area contributed by atoms with Gasteiger partial charge in [0.15, 0.2) is 5.03 Å². The van der Waals surface area contributed by atoms with Gasteiger partial charge >= 0.3 is 0 Å². The molecule has 1 atom stereocenters. The number of nitrogens with one attached hydrogen (secondary N) is 1. The first-order valence-electron chi connectivity index (χ1n) is 7.28. The van der Waals surface area contributed by atoms with Gasteiger partial charge in [-0.3, -0.25) is 0 Å². The average molecular weight is 297 g/mol. The van der Waals surface area contributed by atoms with E-state index in [9.17, 15) is 8.42 Å². The molecule has 1 aromatic heterocycles. The van der Waals surface area contributed by atoms with Crippen molar-refractivity contribution in [1.82, 2.24) is 9.29 Å². The Morgan fingerprint density at radius 3 is 2.95 bits per heavy atom. The molecule has 0 radical (unpaired) electrons. The molecule has 112 valence electrons. The minimum absolute atomic E-state index is 0.0507. The Kier molecular flexibility index (Phi) is 4.99. The second-order valence-electron chi connectivity index (χ2n) is 5.24. The molecule has 1 saturated heterocycles. The van der Waals surface area contributed by atoms with Crippen LogP contribution in [0.4, 0.5) is 5.69 Å². The first-order chi connectivity index (χ1) is 9.57. The third-order valence-corrected chi connectivity index (χ3v) is 5.61. The first-order valence-corrected chi connectivity index (χ1v) is 8.72. The third-order valence-electron chi connectivity index (χ3n) is 3.63. The molecule has 1 aromatic rings. The summed E-state index contributed by atoms with van der Waals surface area (Å²) >= 11 is 0. The van der Waals surface area contributed by atoms with E-state index in [1.807, 2.05) is 13.8 Å². The standard InChI is InChI=1S/C14H23N3O2S/c1-3-9-15-13-8-6-10-16-14(13)20(18,19)17-11-5-4-7-12(17)2/h6,8,10,12,15H,3-5,7,9,11H2,1-2H3. The molecule has 0 spiro atoms. The van der Waals surface area contributed by atoms with Crippen molar-refractivity contribution in [3.05, 3.63) is 18.3 Å². The topological polar surface area (TPSA) is 62.3 Å². The van der Waals surface area contributed by atoms with E-state index in [2.05, 4.69) is 10.3 Å². The number of hydrogen-bond donors (Lipinski definition) is 1. The Morgan fingerprint density at radius 2 is 2.25 bits per heavy atom. The number of aromatic nitrogens is 1. The molecule has 0 bridgehead atoms. The van der Waals surface area contributed by atoms with Gasteiger partial charge in [-0.05, 0) is 38.3 Å². The van der Waals surface area contributed by atoms with Crippen molar-refractivity contribution in [3.8, 4) is 0 Å². The summed E-state index contributed by atoms with van der Waals surface area (Å²) in [4.78, 5) is 4.12. The zero-order chi connectivity index (χ0) is 14.6. The largest absolute Gasteiger partial charge is 0.383 e. The summed E-state index contributed by atoms with van der Waals surface area (Å²) in [6.45, 7) is 5.35. The van der Waals surface area contributed by atoms with Crippen molar-refractivity contribution in [2.24, 2.45) is 0 Å². The summed E-state index contributed by atoms with van der Waals surface area (Å²) in [7, 11) is -3.51. The normalized spacial score (nSPS) is 20.8. The van der Waals surface area contributed by atoms with Crippen LogP contribution in [0.2, 0.25) is 0 Å². The van der Waals surface area contributed by atoms with Crippen molar-refractivity contribution in [1.29, 1.82) is 0 Å². The SMILES string of the molecule is CCCNc1cccnc1S(=O)(=O)N1CCCCC1C. The van der Waals surface area contributed by atoms with Crippen LogP contribution in [0.1, 0.15) is 39.5 Å². The molecule has 0 aliphatic carbocycles. The van der Waals surface area contributed by atoms with Gasteiger partial charge in [-0.2, -0.15) is 4.31 Å². The summed E-state index contributed by atoms with van der Waals surface area (Å²) < 4.78 is 27.2. The Balaban J connectivity index is 2.33. The monoisotopic (exact) mass is 297 g/mol. The van der Waals surface area contributed by atoms with Crippen molar-refractivity contribution in [3.63, 3.8) is 0 Å². The smallest absolute Gasteiger partial charge is 0.262 e.